The molecule has 1 amide bonds. The number of benzene rings is 1. The number of ether oxygens (including phenoxy) is 2. The van der Waals surface area contributed by atoms with Crippen molar-refractivity contribution >= 4 is 23.5 Å². The molecule has 1 aromatic carbocycles. The quantitative estimate of drug-likeness (QED) is 0.817. The Hall–Kier alpha value is -1.75. The predicted octanol–water partition coefficient (Wildman–Crippen LogP) is 2.10. The molecule has 1 atom stereocenters. The van der Waals surface area contributed by atoms with Crippen LogP contribution in [0.2, 0.25) is 5.02 Å². The molecule has 1 aromatic rings. The largest absolute Gasteiger partial charge is 0.481 e. The second kappa shape index (κ2) is 7.75. The second-order valence-corrected chi connectivity index (χ2v) is 4.63. The Bertz CT molecular complexity index is 490. The van der Waals surface area contributed by atoms with Crippen molar-refractivity contribution in [2.45, 2.75) is 26.9 Å². The molecule has 0 radical (unpaired) electrons. The number of esters is 1. The molecule has 0 bridgehead atoms. The van der Waals surface area contributed by atoms with E-state index in [9.17, 15) is 9.59 Å². The van der Waals surface area contributed by atoms with Crippen LogP contribution < -0.4 is 10.1 Å². The molecule has 0 aromatic heterocycles. The molecule has 0 aliphatic carbocycles. The van der Waals surface area contributed by atoms with Crippen LogP contribution in [0.25, 0.3) is 0 Å². The van der Waals surface area contributed by atoms with Gasteiger partial charge in [-0.05, 0) is 44.5 Å². The number of amides is 1. The highest BCUT2D eigenvalue weighted by Gasteiger charge is 2.16. The van der Waals surface area contributed by atoms with Gasteiger partial charge in [0.15, 0.2) is 6.10 Å². The highest BCUT2D eigenvalue weighted by molar-refractivity contribution is 6.30. The lowest BCUT2D eigenvalue weighted by atomic mass is 10.2. The first-order valence-electron chi connectivity index (χ1n) is 6.30. The lowest BCUT2D eigenvalue weighted by Crippen LogP contribution is -2.39. The van der Waals surface area contributed by atoms with Gasteiger partial charge in [-0.15, -0.1) is 0 Å². The first-order valence-corrected chi connectivity index (χ1v) is 6.68. The molecule has 1 rings (SSSR count). The van der Waals surface area contributed by atoms with Crippen molar-refractivity contribution in [2.24, 2.45) is 0 Å². The highest BCUT2D eigenvalue weighted by Crippen LogP contribution is 2.22. The number of carbonyl (C=O) groups is 2. The van der Waals surface area contributed by atoms with E-state index in [1.165, 1.54) is 0 Å². The van der Waals surface area contributed by atoms with E-state index in [0.29, 0.717) is 10.8 Å². The highest BCUT2D eigenvalue weighted by atomic mass is 35.5. The molecule has 0 fully saturated rings. The lowest BCUT2D eigenvalue weighted by Gasteiger charge is -2.16. The van der Waals surface area contributed by atoms with Crippen LogP contribution in [-0.4, -0.2) is 31.1 Å². The SMILES string of the molecule is CCOC(=O)CNC(=O)[C@@H](C)Oc1ccc(Cl)cc1C. The van der Waals surface area contributed by atoms with Crippen molar-refractivity contribution in [3.8, 4) is 5.75 Å². The van der Waals surface area contributed by atoms with Gasteiger partial charge in [0.1, 0.15) is 12.3 Å². The zero-order valence-corrected chi connectivity index (χ0v) is 12.5. The van der Waals surface area contributed by atoms with Crippen molar-refractivity contribution in [3.63, 3.8) is 0 Å². The van der Waals surface area contributed by atoms with Crippen molar-refractivity contribution in [1.29, 1.82) is 0 Å². The van der Waals surface area contributed by atoms with Crippen LogP contribution in [0.15, 0.2) is 18.2 Å². The number of nitrogens with one attached hydrogen (secondary N) is 1. The third-order valence-corrected chi connectivity index (χ3v) is 2.76. The minimum Gasteiger partial charge on any atom is -0.481 e. The van der Waals surface area contributed by atoms with E-state index in [0.717, 1.165) is 5.56 Å². The summed E-state index contributed by atoms with van der Waals surface area (Å²) in [7, 11) is 0. The van der Waals surface area contributed by atoms with Crippen LogP contribution >= 0.6 is 11.6 Å². The molecule has 110 valence electrons. The maximum atomic E-state index is 11.8. The van der Waals surface area contributed by atoms with Gasteiger partial charge in [-0.3, -0.25) is 9.59 Å². The normalized spacial score (nSPS) is 11.6. The van der Waals surface area contributed by atoms with Crippen LogP contribution in [0.3, 0.4) is 0 Å². The number of halogens is 1. The molecule has 0 aliphatic rings. The van der Waals surface area contributed by atoms with Crippen molar-refractivity contribution in [3.05, 3.63) is 28.8 Å². The fourth-order valence-electron chi connectivity index (χ4n) is 1.50. The fourth-order valence-corrected chi connectivity index (χ4v) is 1.73. The molecule has 0 aliphatic heterocycles. The van der Waals surface area contributed by atoms with Gasteiger partial charge in [0.2, 0.25) is 0 Å². The molecule has 0 saturated heterocycles. The van der Waals surface area contributed by atoms with Gasteiger partial charge in [-0.25, -0.2) is 0 Å². The molecule has 0 heterocycles. The average molecular weight is 300 g/mol. The van der Waals surface area contributed by atoms with E-state index >= 15 is 0 Å². The molecule has 1 N–H and O–H groups in total. The Morgan fingerprint density at radius 3 is 2.70 bits per heavy atom. The van der Waals surface area contributed by atoms with Gasteiger partial charge in [-0.2, -0.15) is 0 Å². The second-order valence-electron chi connectivity index (χ2n) is 4.19. The van der Waals surface area contributed by atoms with Crippen molar-refractivity contribution in [1.82, 2.24) is 5.32 Å². The number of hydrogen-bond acceptors (Lipinski definition) is 4. The minimum atomic E-state index is -0.718. The summed E-state index contributed by atoms with van der Waals surface area (Å²) >= 11 is 5.84. The number of hydrogen-bond donors (Lipinski definition) is 1. The van der Waals surface area contributed by atoms with Crippen LogP contribution in [0.1, 0.15) is 19.4 Å². The Kier molecular flexibility index (Phi) is 6.31. The summed E-state index contributed by atoms with van der Waals surface area (Å²) < 4.78 is 10.2. The Balaban J connectivity index is 2.51. The molecule has 0 saturated carbocycles. The van der Waals surface area contributed by atoms with Crippen LogP contribution in [0.4, 0.5) is 0 Å². The summed E-state index contributed by atoms with van der Waals surface area (Å²) in [4.78, 5) is 22.9. The number of carbonyl (C=O) groups excluding carboxylic acids is 2. The Morgan fingerprint density at radius 1 is 1.40 bits per heavy atom. The average Bonchev–Trinajstić information content (AvgIpc) is 2.39. The molecular weight excluding hydrogens is 282 g/mol. The van der Waals surface area contributed by atoms with Gasteiger partial charge >= 0.3 is 5.97 Å². The van der Waals surface area contributed by atoms with E-state index in [1.54, 1.807) is 32.0 Å². The van der Waals surface area contributed by atoms with E-state index < -0.39 is 12.1 Å². The van der Waals surface area contributed by atoms with E-state index in [2.05, 4.69) is 5.32 Å². The fraction of sp³-hybridized carbons (Fsp3) is 0.429. The van der Waals surface area contributed by atoms with Crippen LogP contribution in [-0.2, 0) is 14.3 Å². The van der Waals surface area contributed by atoms with Gasteiger partial charge < -0.3 is 14.8 Å². The maximum Gasteiger partial charge on any atom is 0.325 e. The summed E-state index contributed by atoms with van der Waals surface area (Å²) in [6, 6.07) is 5.14. The first-order chi connectivity index (χ1) is 9.43. The van der Waals surface area contributed by atoms with Gasteiger partial charge in [0.05, 0.1) is 6.61 Å². The van der Waals surface area contributed by atoms with Crippen molar-refractivity contribution in [2.75, 3.05) is 13.2 Å². The zero-order valence-electron chi connectivity index (χ0n) is 11.7. The Labute approximate surface area is 123 Å². The van der Waals surface area contributed by atoms with Crippen LogP contribution in [0, 0.1) is 6.92 Å². The monoisotopic (exact) mass is 299 g/mol. The minimum absolute atomic E-state index is 0.167. The summed E-state index contributed by atoms with van der Waals surface area (Å²) in [5.41, 5.74) is 0.836. The molecular formula is C14H18ClNO4. The van der Waals surface area contributed by atoms with Crippen LogP contribution in [0.5, 0.6) is 5.75 Å². The van der Waals surface area contributed by atoms with Gasteiger partial charge in [0, 0.05) is 5.02 Å². The smallest absolute Gasteiger partial charge is 0.325 e. The maximum absolute atomic E-state index is 11.8. The standard InChI is InChI=1S/C14H18ClNO4/c1-4-19-13(17)8-16-14(18)10(3)20-12-6-5-11(15)7-9(12)2/h5-7,10H,4,8H2,1-3H3,(H,16,18)/t10-/m1/s1. The summed E-state index contributed by atoms with van der Waals surface area (Å²) in [5, 5.41) is 3.06. The summed E-state index contributed by atoms with van der Waals surface area (Å²) in [5.74, 6) is -0.281. The zero-order chi connectivity index (χ0) is 15.1. The third-order valence-electron chi connectivity index (χ3n) is 2.52. The van der Waals surface area contributed by atoms with E-state index in [1.807, 2.05) is 6.92 Å². The van der Waals surface area contributed by atoms with Crippen molar-refractivity contribution < 1.29 is 19.1 Å². The lowest BCUT2D eigenvalue weighted by molar-refractivity contribution is -0.144. The summed E-state index contributed by atoms with van der Waals surface area (Å²) in [6.45, 7) is 5.26. The number of rotatable bonds is 6. The predicted molar refractivity (Wildman–Crippen MR) is 75.9 cm³/mol. The molecule has 20 heavy (non-hydrogen) atoms. The third kappa shape index (κ3) is 5.09. The van der Waals surface area contributed by atoms with Gasteiger partial charge in [0.25, 0.3) is 5.91 Å². The molecule has 0 unspecified atom stereocenters. The number of aryl methyl sites for hydroxylation is 1. The van der Waals surface area contributed by atoms with E-state index in [4.69, 9.17) is 21.1 Å². The molecule has 6 heteroatoms. The molecule has 0 spiro atoms. The van der Waals surface area contributed by atoms with Gasteiger partial charge in [-0.1, -0.05) is 11.6 Å². The Morgan fingerprint density at radius 2 is 2.10 bits per heavy atom. The molecule has 5 nitrogen and oxygen atoms in total. The summed E-state index contributed by atoms with van der Waals surface area (Å²) in [6.07, 6.45) is -0.718. The first kappa shape index (κ1) is 16.3. The topological polar surface area (TPSA) is 64.6 Å². The van der Waals surface area contributed by atoms with E-state index in [-0.39, 0.29) is 19.1 Å².